The minimum Gasteiger partial charge on any atom is -0.399 e. The second-order valence-electron chi connectivity index (χ2n) is 4.70. The van der Waals surface area contributed by atoms with Gasteiger partial charge in [0.15, 0.2) is 0 Å². The highest BCUT2D eigenvalue weighted by atomic mass is 32.2. The van der Waals surface area contributed by atoms with Gasteiger partial charge in [0.05, 0.1) is 11.8 Å². The first-order chi connectivity index (χ1) is 10.0. The second kappa shape index (κ2) is 7.13. The quantitative estimate of drug-likeness (QED) is 0.658. The molecule has 3 nitrogen and oxygen atoms in total. The van der Waals surface area contributed by atoms with Gasteiger partial charge in [0, 0.05) is 10.6 Å². The van der Waals surface area contributed by atoms with Crippen molar-refractivity contribution in [1.29, 1.82) is 0 Å². The molecule has 0 heterocycles. The van der Waals surface area contributed by atoms with E-state index >= 15 is 0 Å². The highest BCUT2D eigenvalue weighted by Crippen LogP contribution is 2.19. The number of nitrogens with one attached hydrogen (secondary N) is 1. The summed E-state index contributed by atoms with van der Waals surface area (Å²) in [4.78, 5) is 12.9. The Morgan fingerprint density at radius 1 is 1.19 bits per heavy atom. The molecule has 110 valence electrons. The van der Waals surface area contributed by atoms with Crippen LogP contribution in [0.3, 0.4) is 0 Å². The number of nitrogens with two attached hydrogens (primary N) is 1. The Hall–Kier alpha value is -2.01. The standard InChI is InChI=1S/C16H17FN2OS/c1-11(12-2-4-13(17)5-3-12)19-16(20)10-21-15-8-6-14(18)7-9-15/h2-9,11H,10,18H2,1H3,(H,19,20). The average molecular weight is 304 g/mol. The van der Waals surface area contributed by atoms with Crippen LogP contribution in [0, 0.1) is 5.82 Å². The SMILES string of the molecule is CC(NC(=O)CSc1ccc(N)cc1)c1ccc(F)cc1. The monoisotopic (exact) mass is 304 g/mol. The van der Waals surface area contributed by atoms with Gasteiger partial charge < -0.3 is 11.1 Å². The number of hydrogen-bond donors (Lipinski definition) is 2. The van der Waals surface area contributed by atoms with E-state index in [-0.39, 0.29) is 17.8 Å². The lowest BCUT2D eigenvalue weighted by Gasteiger charge is -2.14. The van der Waals surface area contributed by atoms with E-state index in [0.717, 1.165) is 10.5 Å². The maximum absolute atomic E-state index is 12.8. The number of carbonyl (C=O) groups is 1. The van der Waals surface area contributed by atoms with E-state index < -0.39 is 0 Å². The molecule has 0 bridgehead atoms. The van der Waals surface area contributed by atoms with Crippen molar-refractivity contribution >= 4 is 23.4 Å². The van der Waals surface area contributed by atoms with Gasteiger partial charge in [0.2, 0.25) is 5.91 Å². The summed E-state index contributed by atoms with van der Waals surface area (Å²) in [6, 6.07) is 13.4. The zero-order valence-corrected chi connectivity index (χ0v) is 12.5. The lowest BCUT2D eigenvalue weighted by atomic mass is 10.1. The molecule has 0 aliphatic carbocycles. The zero-order valence-electron chi connectivity index (χ0n) is 11.7. The molecule has 0 aliphatic heterocycles. The van der Waals surface area contributed by atoms with Crippen LogP contribution in [0.25, 0.3) is 0 Å². The number of nitrogen functional groups attached to an aromatic ring is 1. The number of hydrogen-bond acceptors (Lipinski definition) is 3. The maximum Gasteiger partial charge on any atom is 0.230 e. The number of carbonyl (C=O) groups excluding carboxylic acids is 1. The summed E-state index contributed by atoms with van der Waals surface area (Å²) >= 11 is 1.45. The van der Waals surface area contributed by atoms with Crippen molar-refractivity contribution in [3.63, 3.8) is 0 Å². The Balaban J connectivity index is 1.83. The number of rotatable bonds is 5. The highest BCUT2D eigenvalue weighted by Gasteiger charge is 2.10. The van der Waals surface area contributed by atoms with Gasteiger partial charge in [-0.05, 0) is 48.9 Å². The van der Waals surface area contributed by atoms with Crippen molar-refractivity contribution in [2.24, 2.45) is 0 Å². The third kappa shape index (κ3) is 4.79. The third-order valence-electron chi connectivity index (χ3n) is 3.00. The summed E-state index contributed by atoms with van der Waals surface area (Å²) in [5.74, 6) is -0.0139. The minimum absolute atomic E-state index is 0.0614. The Morgan fingerprint density at radius 2 is 1.81 bits per heavy atom. The smallest absolute Gasteiger partial charge is 0.230 e. The van der Waals surface area contributed by atoms with Gasteiger partial charge in [-0.3, -0.25) is 4.79 Å². The van der Waals surface area contributed by atoms with E-state index in [1.807, 2.05) is 19.1 Å². The van der Waals surface area contributed by atoms with Gasteiger partial charge in [-0.25, -0.2) is 4.39 Å². The van der Waals surface area contributed by atoms with Gasteiger partial charge in [-0.2, -0.15) is 0 Å². The molecule has 2 aromatic carbocycles. The first-order valence-electron chi connectivity index (χ1n) is 6.58. The van der Waals surface area contributed by atoms with E-state index in [9.17, 15) is 9.18 Å². The summed E-state index contributed by atoms with van der Waals surface area (Å²) in [6.07, 6.45) is 0. The lowest BCUT2D eigenvalue weighted by Crippen LogP contribution is -2.28. The number of anilines is 1. The molecule has 1 unspecified atom stereocenters. The predicted octanol–water partition coefficient (Wildman–Crippen LogP) is 3.38. The van der Waals surface area contributed by atoms with E-state index in [1.165, 1.54) is 23.9 Å². The number of thioether (sulfide) groups is 1. The molecular formula is C16H17FN2OS. The molecule has 0 saturated carbocycles. The fourth-order valence-corrected chi connectivity index (χ4v) is 2.54. The van der Waals surface area contributed by atoms with Crippen LogP contribution in [0.5, 0.6) is 0 Å². The maximum atomic E-state index is 12.8. The molecule has 0 aromatic heterocycles. The van der Waals surface area contributed by atoms with Crippen molar-refractivity contribution in [1.82, 2.24) is 5.32 Å². The van der Waals surface area contributed by atoms with Gasteiger partial charge in [0.1, 0.15) is 5.82 Å². The molecule has 2 rings (SSSR count). The highest BCUT2D eigenvalue weighted by molar-refractivity contribution is 8.00. The van der Waals surface area contributed by atoms with E-state index in [2.05, 4.69) is 5.32 Å². The van der Waals surface area contributed by atoms with Gasteiger partial charge in [-0.1, -0.05) is 12.1 Å². The van der Waals surface area contributed by atoms with E-state index in [4.69, 9.17) is 5.73 Å². The zero-order chi connectivity index (χ0) is 15.2. The molecule has 0 fully saturated rings. The Bertz CT molecular complexity index is 599. The fourth-order valence-electron chi connectivity index (χ4n) is 1.83. The molecule has 0 saturated heterocycles. The van der Waals surface area contributed by atoms with Crippen LogP contribution >= 0.6 is 11.8 Å². The largest absolute Gasteiger partial charge is 0.399 e. The topological polar surface area (TPSA) is 55.1 Å². The predicted molar refractivity (Wildman–Crippen MR) is 84.5 cm³/mol. The Labute approximate surface area is 127 Å². The van der Waals surface area contributed by atoms with Crippen LogP contribution in [0.15, 0.2) is 53.4 Å². The third-order valence-corrected chi connectivity index (χ3v) is 4.01. The Kier molecular flexibility index (Phi) is 5.22. The first-order valence-corrected chi connectivity index (χ1v) is 7.56. The van der Waals surface area contributed by atoms with Crippen molar-refractivity contribution < 1.29 is 9.18 Å². The Morgan fingerprint density at radius 3 is 2.43 bits per heavy atom. The molecule has 1 atom stereocenters. The summed E-state index contributed by atoms with van der Waals surface area (Å²) < 4.78 is 12.8. The number of benzene rings is 2. The molecule has 0 radical (unpaired) electrons. The fraction of sp³-hybridized carbons (Fsp3) is 0.188. The molecule has 0 spiro atoms. The van der Waals surface area contributed by atoms with Crippen LogP contribution in [0.4, 0.5) is 10.1 Å². The van der Waals surface area contributed by atoms with Gasteiger partial charge in [-0.15, -0.1) is 11.8 Å². The normalized spacial score (nSPS) is 11.9. The molecule has 2 aromatic rings. The second-order valence-corrected chi connectivity index (χ2v) is 5.75. The van der Waals surface area contributed by atoms with Crippen molar-refractivity contribution in [3.8, 4) is 0 Å². The average Bonchev–Trinajstić information content (AvgIpc) is 2.47. The van der Waals surface area contributed by atoms with E-state index in [1.54, 1.807) is 24.3 Å². The summed E-state index contributed by atoms with van der Waals surface area (Å²) in [7, 11) is 0. The summed E-state index contributed by atoms with van der Waals surface area (Å²) in [6.45, 7) is 1.87. The molecule has 5 heteroatoms. The van der Waals surface area contributed by atoms with Crippen LogP contribution < -0.4 is 11.1 Å². The van der Waals surface area contributed by atoms with Gasteiger partial charge >= 0.3 is 0 Å². The molecule has 21 heavy (non-hydrogen) atoms. The van der Waals surface area contributed by atoms with Crippen molar-refractivity contribution in [2.45, 2.75) is 17.9 Å². The molecule has 3 N–H and O–H groups in total. The molecule has 1 amide bonds. The van der Waals surface area contributed by atoms with Crippen molar-refractivity contribution in [2.75, 3.05) is 11.5 Å². The van der Waals surface area contributed by atoms with Gasteiger partial charge in [0.25, 0.3) is 0 Å². The number of amides is 1. The summed E-state index contributed by atoms with van der Waals surface area (Å²) in [5, 5.41) is 2.89. The minimum atomic E-state index is -0.281. The van der Waals surface area contributed by atoms with Crippen LogP contribution in [0.2, 0.25) is 0 Å². The first kappa shape index (κ1) is 15.4. The van der Waals surface area contributed by atoms with E-state index in [0.29, 0.717) is 11.4 Å². The van der Waals surface area contributed by atoms with Crippen molar-refractivity contribution in [3.05, 3.63) is 59.9 Å². The van der Waals surface area contributed by atoms with Crippen LogP contribution in [0.1, 0.15) is 18.5 Å². The lowest BCUT2D eigenvalue weighted by molar-refractivity contribution is -0.119. The number of halogens is 1. The van der Waals surface area contributed by atoms with Crippen LogP contribution in [-0.2, 0) is 4.79 Å². The summed E-state index contributed by atoms with van der Waals surface area (Å²) in [5.41, 5.74) is 7.19. The van der Waals surface area contributed by atoms with Crippen LogP contribution in [-0.4, -0.2) is 11.7 Å². The molecular weight excluding hydrogens is 287 g/mol. The molecule has 0 aliphatic rings.